The molecule has 0 aliphatic rings. The van der Waals surface area contributed by atoms with E-state index in [1.54, 1.807) is 4.68 Å². The van der Waals surface area contributed by atoms with Crippen molar-refractivity contribution in [2.24, 2.45) is 7.05 Å². The second-order valence-corrected chi connectivity index (χ2v) is 2.46. The van der Waals surface area contributed by atoms with E-state index in [9.17, 15) is 0 Å². The lowest BCUT2D eigenvalue weighted by molar-refractivity contribution is 0.746. The van der Waals surface area contributed by atoms with Crippen LogP contribution in [0.25, 0.3) is 0 Å². The molecule has 1 aromatic heterocycles. The van der Waals surface area contributed by atoms with Crippen LogP contribution in [0.5, 0.6) is 0 Å². The van der Waals surface area contributed by atoms with Gasteiger partial charge in [0.2, 0.25) is 0 Å². The van der Waals surface area contributed by atoms with Gasteiger partial charge in [-0.3, -0.25) is 4.68 Å². The summed E-state index contributed by atoms with van der Waals surface area (Å²) in [6.45, 7) is 2.04. The van der Waals surface area contributed by atoms with Crippen molar-refractivity contribution in [3.8, 4) is 6.07 Å². The Morgan fingerprint density at radius 3 is 3.00 bits per heavy atom. The molecule has 0 saturated heterocycles. The Kier molecular flexibility index (Phi) is 2.27. The number of nitriles is 1. The summed E-state index contributed by atoms with van der Waals surface area (Å²) in [5, 5.41) is 12.7. The molecule has 0 saturated carbocycles. The Labute approximate surface area is 66.3 Å². The van der Waals surface area contributed by atoms with Gasteiger partial charge in [-0.15, -0.1) is 0 Å². The normalized spacial score (nSPS) is 9.55. The van der Waals surface area contributed by atoms with Crippen molar-refractivity contribution in [2.45, 2.75) is 19.8 Å². The third-order valence-electron chi connectivity index (χ3n) is 1.60. The molecule has 0 aliphatic carbocycles. The molecular formula is C8H11N3. The number of hydrogen-bond acceptors (Lipinski definition) is 2. The average molecular weight is 149 g/mol. The van der Waals surface area contributed by atoms with Crippen LogP contribution in [0.3, 0.4) is 0 Å². The zero-order chi connectivity index (χ0) is 8.27. The summed E-state index contributed by atoms with van der Waals surface area (Å²) in [4.78, 5) is 0. The first-order valence-electron chi connectivity index (χ1n) is 3.66. The first-order chi connectivity index (χ1) is 5.27. The van der Waals surface area contributed by atoms with Gasteiger partial charge >= 0.3 is 0 Å². The molecule has 11 heavy (non-hydrogen) atoms. The van der Waals surface area contributed by atoms with Gasteiger partial charge in [0.15, 0.2) is 0 Å². The number of rotatable bonds is 2. The van der Waals surface area contributed by atoms with Gasteiger partial charge in [0, 0.05) is 18.8 Å². The quantitative estimate of drug-likeness (QED) is 0.630. The lowest BCUT2D eigenvalue weighted by Gasteiger charge is -1.89. The molecule has 1 heterocycles. The van der Waals surface area contributed by atoms with Gasteiger partial charge in [0.1, 0.15) is 0 Å². The highest BCUT2D eigenvalue weighted by molar-refractivity contribution is 5.20. The van der Waals surface area contributed by atoms with Crippen LogP contribution in [0, 0.1) is 11.3 Å². The summed E-state index contributed by atoms with van der Waals surface area (Å²) >= 11 is 0. The zero-order valence-electron chi connectivity index (χ0n) is 6.83. The second kappa shape index (κ2) is 3.20. The second-order valence-electron chi connectivity index (χ2n) is 2.46. The van der Waals surface area contributed by atoms with Crippen LogP contribution < -0.4 is 0 Å². The Balaban J connectivity index is 2.94. The highest BCUT2D eigenvalue weighted by Crippen LogP contribution is 2.06. The van der Waals surface area contributed by atoms with E-state index in [1.807, 2.05) is 20.2 Å². The van der Waals surface area contributed by atoms with E-state index in [0.717, 1.165) is 17.7 Å². The molecule has 1 rings (SSSR count). The topological polar surface area (TPSA) is 41.6 Å². The number of nitrogens with zero attached hydrogens (tertiary/aromatic N) is 3. The Morgan fingerprint density at radius 1 is 1.73 bits per heavy atom. The molecule has 0 bridgehead atoms. The predicted molar refractivity (Wildman–Crippen MR) is 41.9 cm³/mol. The standard InChI is InChI=1S/C8H11N3/c1-3-8-7(4-5-9)6-11(2)10-8/h6H,3-4H2,1-2H3. The molecule has 0 amide bonds. The van der Waals surface area contributed by atoms with Crippen LogP contribution in [-0.2, 0) is 19.9 Å². The third-order valence-corrected chi connectivity index (χ3v) is 1.60. The lowest BCUT2D eigenvalue weighted by Crippen LogP contribution is -1.89. The highest BCUT2D eigenvalue weighted by Gasteiger charge is 2.03. The smallest absolute Gasteiger partial charge is 0.0671 e. The van der Waals surface area contributed by atoms with E-state index in [-0.39, 0.29) is 0 Å². The molecule has 0 unspecified atom stereocenters. The van der Waals surface area contributed by atoms with Gasteiger partial charge < -0.3 is 0 Å². The van der Waals surface area contributed by atoms with Gasteiger partial charge in [0.05, 0.1) is 18.2 Å². The molecular weight excluding hydrogens is 138 g/mol. The van der Waals surface area contributed by atoms with Crippen LogP contribution in [0.15, 0.2) is 6.20 Å². The molecule has 3 heteroatoms. The van der Waals surface area contributed by atoms with Crippen molar-refractivity contribution in [1.82, 2.24) is 9.78 Å². The van der Waals surface area contributed by atoms with E-state index < -0.39 is 0 Å². The van der Waals surface area contributed by atoms with E-state index in [1.165, 1.54) is 0 Å². The molecule has 0 aliphatic heterocycles. The van der Waals surface area contributed by atoms with Crippen LogP contribution >= 0.6 is 0 Å². The van der Waals surface area contributed by atoms with E-state index in [4.69, 9.17) is 5.26 Å². The van der Waals surface area contributed by atoms with Crippen molar-refractivity contribution >= 4 is 0 Å². The van der Waals surface area contributed by atoms with Crippen LogP contribution in [0.4, 0.5) is 0 Å². The minimum Gasteiger partial charge on any atom is -0.275 e. The maximum absolute atomic E-state index is 8.46. The van der Waals surface area contributed by atoms with Gasteiger partial charge in [-0.1, -0.05) is 6.92 Å². The minimum atomic E-state index is 0.469. The lowest BCUT2D eigenvalue weighted by atomic mass is 10.2. The third kappa shape index (κ3) is 1.58. The summed E-state index contributed by atoms with van der Waals surface area (Å²) in [5.74, 6) is 0. The van der Waals surface area contributed by atoms with Crippen LogP contribution in [0.1, 0.15) is 18.2 Å². The number of aromatic nitrogens is 2. The van der Waals surface area contributed by atoms with E-state index in [0.29, 0.717) is 6.42 Å². The van der Waals surface area contributed by atoms with Crippen LogP contribution in [-0.4, -0.2) is 9.78 Å². The van der Waals surface area contributed by atoms with Gasteiger partial charge in [-0.25, -0.2) is 0 Å². The molecule has 0 fully saturated rings. The largest absolute Gasteiger partial charge is 0.275 e. The Bertz CT molecular complexity index is 280. The zero-order valence-corrected chi connectivity index (χ0v) is 6.83. The Hall–Kier alpha value is -1.30. The summed E-state index contributed by atoms with van der Waals surface area (Å²) in [6.07, 6.45) is 3.27. The maximum atomic E-state index is 8.46. The molecule has 3 nitrogen and oxygen atoms in total. The molecule has 58 valence electrons. The SMILES string of the molecule is CCc1nn(C)cc1CC#N. The fraction of sp³-hybridized carbons (Fsp3) is 0.500. The first-order valence-corrected chi connectivity index (χ1v) is 3.66. The predicted octanol–water partition coefficient (Wildman–Crippen LogP) is 1.05. The summed E-state index contributed by atoms with van der Waals surface area (Å²) in [5.41, 5.74) is 2.09. The van der Waals surface area contributed by atoms with Gasteiger partial charge in [-0.2, -0.15) is 10.4 Å². The minimum absolute atomic E-state index is 0.469. The summed E-state index contributed by atoms with van der Waals surface area (Å²) < 4.78 is 1.76. The molecule has 0 radical (unpaired) electrons. The van der Waals surface area contributed by atoms with E-state index >= 15 is 0 Å². The van der Waals surface area contributed by atoms with Gasteiger partial charge in [-0.05, 0) is 6.42 Å². The van der Waals surface area contributed by atoms with Crippen molar-refractivity contribution in [3.05, 3.63) is 17.5 Å². The van der Waals surface area contributed by atoms with Crippen molar-refractivity contribution in [2.75, 3.05) is 0 Å². The fourth-order valence-electron chi connectivity index (χ4n) is 1.11. The van der Waals surface area contributed by atoms with E-state index in [2.05, 4.69) is 11.2 Å². The van der Waals surface area contributed by atoms with Gasteiger partial charge in [0.25, 0.3) is 0 Å². The first kappa shape index (κ1) is 7.80. The van der Waals surface area contributed by atoms with Crippen LogP contribution in [0.2, 0.25) is 0 Å². The maximum Gasteiger partial charge on any atom is 0.0671 e. The van der Waals surface area contributed by atoms with Crippen molar-refractivity contribution < 1.29 is 0 Å². The summed E-state index contributed by atoms with van der Waals surface area (Å²) in [7, 11) is 1.88. The average Bonchev–Trinajstić information content (AvgIpc) is 2.32. The Morgan fingerprint density at radius 2 is 2.45 bits per heavy atom. The molecule has 0 aromatic carbocycles. The molecule has 0 atom stereocenters. The number of aryl methyl sites for hydroxylation is 2. The fourth-order valence-corrected chi connectivity index (χ4v) is 1.11. The molecule has 1 aromatic rings. The van der Waals surface area contributed by atoms with Crippen molar-refractivity contribution in [1.29, 1.82) is 5.26 Å². The molecule has 0 N–H and O–H groups in total. The monoisotopic (exact) mass is 149 g/mol. The molecule has 0 spiro atoms. The highest BCUT2D eigenvalue weighted by atomic mass is 15.2. The van der Waals surface area contributed by atoms with Crippen molar-refractivity contribution in [3.63, 3.8) is 0 Å². The number of hydrogen-bond donors (Lipinski definition) is 0. The summed E-state index contributed by atoms with van der Waals surface area (Å²) in [6, 6.07) is 2.12.